The first kappa shape index (κ1) is 18.5. The highest BCUT2D eigenvalue weighted by atomic mass is 19.1. The molecule has 1 fully saturated rings. The van der Waals surface area contributed by atoms with E-state index in [-0.39, 0.29) is 24.1 Å². The zero-order valence-corrected chi connectivity index (χ0v) is 14.0. The maximum absolute atomic E-state index is 13.5. The van der Waals surface area contributed by atoms with Crippen molar-refractivity contribution in [1.29, 1.82) is 0 Å². The van der Waals surface area contributed by atoms with E-state index < -0.39 is 11.8 Å². The number of ether oxygens (including phenoxy) is 1. The fourth-order valence-electron chi connectivity index (χ4n) is 2.62. The van der Waals surface area contributed by atoms with E-state index in [1.54, 1.807) is 9.80 Å². The van der Waals surface area contributed by atoms with Crippen LogP contribution in [0.15, 0.2) is 18.2 Å². The minimum Gasteiger partial charge on any atom is -0.494 e. The van der Waals surface area contributed by atoms with Crippen molar-refractivity contribution in [3.05, 3.63) is 29.6 Å². The Morgan fingerprint density at radius 1 is 1.20 bits per heavy atom. The first-order valence-corrected chi connectivity index (χ1v) is 7.86. The molecule has 0 saturated carbocycles. The van der Waals surface area contributed by atoms with E-state index >= 15 is 0 Å². The number of hydrogen-bond acceptors (Lipinski definition) is 4. The lowest BCUT2D eigenvalue weighted by Crippen LogP contribution is -2.43. The van der Waals surface area contributed by atoms with Crippen LogP contribution in [0, 0.1) is 5.82 Å². The minimum absolute atomic E-state index is 0.00926. The van der Waals surface area contributed by atoms with Crippen LogP contribution in [0.2, 0.25) is 0 Å². The van der Waals surface area contributed by atoms with E-state index in [4.69, 9.17) is 10.5 Å². The van der Waals surface area contributed by atoms with Gasteiger partial charge in [0.1, 0.15) is 0 Å². The van der Waals surface area contributed by atoms with Gasteiger partial charge in [-0.15, -0.1) is 0 Å². The van der Waals surface area contributed by atoms with Crippen LogP contribution in [0.4, 0.5) is 9.18 Å². The van der Waals surface area contributed by atoms with Gasteiger partial charge in [-0.2, -0.15) is 0 Å². The number of nitrogens with two attached hydrogens (primary N) is 1. The highest BCUT2D eigenvalue weighted by Gasteiger charge is 2.23. The van der Waals surface area contributed by atoms with E-state index in [9.17, 15) is 18.8 Å². The molecule has 1 aromatic rings. The summed E-state index contributed by atoms with van der Waals surface area (Å²) >= 11 is 0. The van der Waals surface area contributed by atoms with Crippen molar-refractivity contribution in [2.24, 2.45) is 5.73 Å². The summed E-state index contributed by atoms with van der Waals surface area (Å²) in [5, 5.41) is 2.26. The van der Waals surface area contributed by atoms with Gasteiger partial charge in [-0.25, -0.2) is 9.18 Å². The summed E-state index contributed by atoms with van der Waals surface area (Å²) in [6.45, 7) is 1.49. The molecule has 1 saturated heterocycles. The third kappa shape index (κ3) is 4.82. The molecular weight excluding hydrogens is 331 g/mol. The Morgan fingerprint density at radius 3 is 2.56 bits per heavy atom. The third-order valence-corrected chi connectivity index (χ3v) is 3.95. The van der Waals surface area contributed by atoms with Crippen LogP contribution in [-0.2, 0) is 4.79 Å². The Labute approximate surface area is 144 Å². The molecule has 1 aromatic carbocycles. The van der Waals surface area contributed by atoms with Crippen molar-refractivity contribution in [3.8, 4) is 5.75 Å². The fourth-order valence-corrected chi connectivity index (χ4v) is 2.62. The van der Waals surface area contributed by atoms with Crippen LogP contribution < -0.4 is 15.8 Å². The molecule has 136 valence electrons. The van der Waals surface area contributed by atoms with Gasteiger partial charge in [0.15, 0.2) is 11.6 Å². The van der Waals surface area contributed by atoms with E-state index in [1.165, 1.54) is 25.3 Å². The molecule has 0 unspecified atom stereocenters. The van der Waals surface area contributed by atoms with Crippen molar-refractivity contribution in [2.75, 3.05) is 39.8 Å². The number of halogens is 1. The maximum atomic E-state index is 13.5. The Balaban J connectivity index is 1.99. The van der Waals surface area contributed by atoms with E-state index in [1.807, 2.05) is 0 Å². The monoisotopic (exact) mass is 352 g/mol. The average Bonchev–Trinajstić information content (AvgIpc) is 2.85. The first-order chi connectivity index (χ1) is 11.9. The molecule has 0 bridgehead atoms. The van der Waals surface area contributed by atoms with Gasteiger partial charge in [0.05, 0.1) is 13.7 Å². The van der Waals surface area contributed by atoms with Gasteiger partial charge in [0.25, 0.3) is 5.91 Å². The summed E-state index contributed by atoms with van der Waals surface area (Å²) in [6, 6.07) is 3.20. The second-order valence-corrected chi connectivity index (χ2v) is 5.59. The van der Waals surface area contributed by atoms with Crippen molar-refractivity contribution in [1.82, 2.24) is 15.1 Å². The van der Waals surface area contributed by atoms with Crippen molar-refractivity contribution < 1.29 is 23.5 Å². The Hall–Kier alpha value is -2.84. The lowest BCUT2D eigenvalue weighted by molar-refractivity contribution is -0.129. The summed E-state index contributed by atoms with van der Waals surface area (Å²) in [5.41, 5.74) is 5.28. The third-order valence-electron chi connectivity index (χ3n) is 3.95. The van der Waals surface area contributed by atoms with Crippen LogP contribution in [0.25, 0.3) is 0 Å². The molecule has 2 rings (SSSR count). The molecule has 0 radical (unpaired) electrons. The largest absolute Gasteiger partial charge is 0.494 e. The quantitative estimate of drug-likeness (QED) is 0.806. The molecule has 0 aromatic heterocycles. The number of nitrogens with one attached hydrogen (secondary N) is 1. The normalized spacial score (nSPS) is 14.6. The van der Waals surface area contributed by atoms with Crippen molar-refractivity contribution >= 4 is 17.8 Å². The topological polar surface area (TPSA) is 105 Å². The summed E-state index contributed by atoms with van der Waals surface area (Å²) in [6.07, 6.45) is 0.604. The van der Waals surface area contributed by atoms with E-state index in [0.29, 0.717) is 38.2 Å². The van der Waals surface area contributed by atoms with E-state index in [2.05, 4.69) is 5.32 Å². The number of carbonyl (C=O) groups is 3. The SMILES string of the molecule is COc1cc(C(=O)N2CCCN(C(=O)CNC(N)=O)CC2)ccc1F. The molecule has 0 atom stereocenters. The molecule has 25 heavy (non-hydrogen) atoms. The van der Waals surface area contributed by atoms with Crippen LogP contribution in [0.5, 0.6) is 5.75 Å². The lowest BCUT2D eigenvalue weighted by atomic mass is 10.1. The highest BCUT2D eigenvalue weighted by molar-refractivity contribution is 5.94. The fraction of sp³-hybridized carbons (Fsp3) is 0.438. The van der Waals surface area contributed by atoms with Gasteiger partial charge in [0, 0.05) is 31.7 Å². The number of primary amides is 1. The standard InChI is InChI=1S/C16H21FN4O4/c1-25-13-9-11(3-4-12(13)17)15(23)21-6-2-5-20(7-8-21)14(22)10-19-16(18)24/h3-4,9H,2,5-8,10H2,1H3,(H3,18,19,24). The van der Waals surface area contributed by atoms with Crippen molar-refractivity contribution in [2.45, 2.75) is 6.42 Å². The van der Waals surface area contributed by atoms with Crippen molar-refractivity contribution in [3.63, 3.8) is 0 Å². The second kappa shape index (κ2) is 8.32. The molecule has 1 heterocycles. The molecule has 8 nitrogen and oxygen atoms in total. The Morgan fingerprint density at radius 2 is 1.88 bits per heavy atom. The number of methoxy groups -OCH3 is 1. The number of nitrogens with zero attached hydrogens (tertiary/aromatic N) is 2. The number of carbonyl (C=O) groups excluding carboxylic acids is 3. The van der Waals surface area contributed by atoms with Gasteiger partial charge >= 0.3 is 6.03 Å². The second-order valence-electron chi connectivity index (χ2n) is 5.59. The van der Waals surface area contributed by atoms with Crippen LogP contribution in [0.3, 0.4) is 0 Å². The summed E-state index contributed by atoms with van der Waals surface area (Å²) < 4.78 is 18.4. The van der Waals surface area contributed by atoms with Gasteiger partial charge < -0.3 is 25.6 Å². The van der Waals surface area contributed by atoms with Gasteiger partial charge in [-0.3, -0.25) is 9.59 Å². The van der Waals surface area contributed by atoms with Gasteiger partial charge in [-0.05, 0) is 24.6 Å². The van der Waals surface area contributed by atoms with Crippen LogP contribution in [0.1, 0.15) is 16.8 Å². The molecule has 9 heteroatoms. The smallest absolute Gasteiger partial charge is 0.312 e. The highest BCUT2D eigenvalue weighted by Crippen LogP contribution is 2.20. The summed E-state index contributed by atoms with van der Waals surface area (Å²) in [5.74, 6) is -1.02. The average molecular weight is 352 g/mol. The zero-order valence-electron chi connectivity index (χ0n) is 14.0. The Kier molecular flexibility index (Phi) is 6.15. The van der Waals surface area contributed by atoms with Gasteiger partial charge in [-0.1, -0.05) is 0 Å². The maximum Gasteiger partial charge on any atom is 0.312 e. The summed E-state index contributed by atoms with van der Waals surface area (Å²) in [4.78, 5) is 38.5. The number of urea groups is 1. The van der Waals surface area contributed by atoms with Crippen LogP contribution >= 0.6 is 0 Å². The molecule has 1 aliphatic rings. The molecule has 1 aliphatic heterocycles. The number of amides is 4. The van der Waals surface area contributed by atoms with Gasteiger partial charge in [0.2, 0.25) is 5.91 Å². The molecular formula is C16H21FN4O4. The minimum atomic E-state index is -0.759. The molecule has 0 spiro atoms. The predicted molar refractivity (Wildman–Crippen MR) is 87.6 cm³/mol. The molecule has 3 N–H and O–H groups in total. The predicted octanol–water partition coefficient (Wildman–Crippen LogP) is 0.177. The summed E-state index contributed by atoms with van der Waals surface area (Å²) in [7, 11) is 1.34. The van der Waals surface area contributed by atoms with E-state index in [0.717, 1.165) is 0 Å². The first-order valence-electron chi connectivity index (χ1n) is 7.86. The molecule has 0 aliphatic carbocycles. The van der Waals surface area contributed by atoms with Crippen LogP contribution in [-0.4, -0.2) is 67.5 Å². The number of hydrogen-bond donors (Lipinski definition) is 2. The lowest BCUT2D eigenvalue weighted by Gasteiger charge is -2.22. The zero-order chi connectivity index (χ0) is 18.4. The number of benzene rings is 1. The Bertz CT molecular complexity index is 668. The molecule has 4 amide bonds. The number of rotatable bonds is 4.